The van der Waals surface area contributed by atoms with Gasteiger partial charge in [0.15, 0.2) is 0 Å². The van der Waals surface area contributed by atoms with Gasteiger partial charge in [-0.05, 0) is 54.7 Å². The molecule has 3 rings (SSSR count). The second-order valence-electron chi connectivity index (χ2n) is 6.08. The third-order valence-electron chi connectivity index (χ3n) is 4.43. The summed E-state index contributed by atoms with van der Waals surface area (Å²) in [6.45, 7) is 1.69. The quantitative estimate of drug-likeness (QED) is 0.860. The molecule has 3 N–H and O–H groups in total. The maximum absolute atomic E-state index is 13.8. The number of carbonyl (C=O) groups excluding carboxylic acids is 1. The van der Waals surface area contributed by atoms with E-state index in [2.05, 4.69) is 21.2 Å². The van der Waals surface area contributed by atoms with Crippen molar-refractivity contribution in [1.29, 1.82) is 0 Å². The Hall–Kier alpha value is -1.72. The summed E-state index contributed by atoms with van der Waals surface area (Å²) in [7, 11) is 0. The Balaban J connectivity index is 1.80. The Morgan fingerprint density at radius 3 is 2.70 bits per heavy atom. The minimum absolute atomic E-state index is 0.188. The summed E-state index contributed by atoms with van der Waals surface area (Å²) in [6, 6.07) is 12.2. The maximum atomic E-state index is 13.8. The number of rotatable bonds is 3. The molecule has 0 fully saturated rings. The highest BCUT2D eigenvalue weighted by atomic mass is 79.9. The predicted octanol–water partition coefficient (Wildman–Crippen LogP) is 3.57. The average Bonchev–Trinajstić information content (AvgIpc) is 2.92. The summed E-state index contributed by atoms with van der Waals surface area (Å²) in [6.07, 6.45) is 1.32. The smallest absolute Gasteiger partial charge is 0.244 e. The van der Waals surface area contributed by atoms with E-state index in [0.717, 1.165) is 15.6 Å². The van der Waals surface area contributed by atoms with Crippen LogP contribution in [0.2, 0.25) is 0 Å². The van der Waals surface area contributed by atoms with Crippen LogP contribution in [0.3, 0.4) is 0 Å². The van der Waals surface area contributed by atoms with Crippen molar-refractivity contribution >= 4 is 21.8 Å². The number of benzene rings is 2. The van der Waals surface area contributed by atoms with Gasteiger partial charge < -0.3 is 11.1 Å². The number of amides is 1. The van der Waals surface area contributed by atoms with E-state index >= 15 is 0 Å². The molecule has 0 heterocycles. The van der Waals surface area contributed by atoms with Crippen molar-refractivity contribution in [2.45, 2.75) is 31.3 Å². The zero-order valence-electron chi connectivity index (χ0n) is 12.8. The third kappa shape index (κ3) is 3.03. The van der Waals surface area contributed by atoms with Gasteiger partial charge in [0.05, 0.1) is 6.04 Å². The molecule has 5 heteroatoms. The zero-order chi connectivity index (χ0) is 16.6. The second kappa shape index (κ2) is 6.06. The summed E-state index contributed by atoms with van der Waals surface area (Å²) < 4.78 is 14.7. The molecule has 120 valence electrons. The van der Waals surface area contributed by atoms with Crippen molar-refractivity contribution in [3.63, 3.8) is 0 Å². The van der Waals surface area contributed by atoms with Crippen LogP contribution in [0.5, 0.6) is 0 Å². The van der Waals surface area contributed by atoms with E-state index in [-0.39, 0.29) is 17.8 Å². The van der Waals surface area contributed by atoms with E-state index in [1.54, 1.807) is 13.0 Å². The van der Waals surface area contributed by atoms with Crippen molar-refractivity contribution in [3.8, 4) is 0 Å². The molecule has 1 aliphatic carbocycles. The first-order valence-electron chi connectivity index (χ1n) is 7.53. The fraction of sp³-hybridized carbons (Fsp3) is 0.278. The predicted molar refractivity (Wildman–Crippen MR) is 91.3 cm³/mol. The number of nitrogens with two attached hydrogens (primary N) is 1. The Labute approximate surface area is 143 Å². The minimum Gasteiger partial charge on any atom is -0.347 e. The molecule has 0 bridgehead atoms. The fourth-order valence-corrected chi connectivity index (χ4v) is 3.26. The summed E-state index contributed by atoms with van der Waals surface area (Å²) in [5.74, 6) is -0.468. The molecule has 0 aromatic heterocycles. The number of halogens is 2. The van der Waals surface area contributed by atoms with Crippen LogP contribution in [0.15, 0.2) is 46.9 Å². The van der Waals surface area contributed by atoms with Crippen molar-refractivity contribution in [2.75, 3.05) is 0 Å². The van der Waals surface area contributed by atoms with Gasteiger partial charge in [0.1, 0.15) is 11.4 Å². The summed E-state index contributed by atoms with van der Waals surface area (Å²) in [4.78, 5) is 12.7. The molecule has 0 aliphatic heterocycles. The van der Waals surface area contributed by atoms with Gasteiger partial charge in [0.2, 0.25) is 5.91 Å². The molecule has 0 saturated carbocycles. The Bertz CT molecular complexity index is 743. The molecular weight excluding hydrogens is 359 g/mol. The molecule has 3 nitrogen and oxygen atoms in total. The van der Waals surface area contributed by atoms with Gasteiger partial charge in [-0.25, -0.2) is 4.39 Å². The molecule has 0 spiro atoms. The van der Waals surface area contributed by atoms with Crippen LogP contribution in [0, 0.1) is 5.82 Å². The van der Waals surface area contributed by atoms with Gasteiger partial charge in [0.25, 0.3) is 0 Å². The molecule has 1 amide bonds. The number of fused-ring (bicyclic) bond motifs is 1. The molecule has 0 saturated heterocycles. The van der Waals surface area contributed by atoms with Crippen molar-refractivity contribution in [2.24, 2.45) is 5.73 Å². The van der Waals surface area contributed by atoms with Gasteiger partial charge in [0, 0.05) is 4.47 Å². The Morgan fingerprint density at radius 2 is 2.00 bits per heavy atom. The van der Waals surface area contributed by atoms with Crippen LogP contribution in [0.4, 0.5) is 4.39 Å². The normalized spacial score (nSPS) is 19.0. The standard InChI is InChI=1S/C18H18BrFN2O/c1-18(21,11-5-7-12(19)8-6-11)17(23)22-16-10-9-13-14(16)3-2-4-15(13)20/h2-8,16H,9-10,21H2,1H3,(H,22,23). The Morgan fingerprint density at radius 1 is 1.30 bits per heavy atom. The first kappa shape index (κ1) is 16.1. The van der Waals surface area contributed by atoms with E-state index in [9.17, 15) is 9.18 Å². The average molecular weight is 377 g/mol. The lowest BCUT2D eigenvalue weighted by Gasteiger charge is -2.26. The van der Waals surface area contributed by atoms with Crippen LogP contribution in [-0.2, 0) is 16.8 Å². The number of hydrogen-bond acceptors (Lipinski definition) is 2. The number of carbonyl (C=O) groups is 1. The summed E-state index contributed by atoms with van der Waals surface area (Å²) in [5, 5.41) is 2.97. The van der Waals surface area contributed by atoms with Crippen molar-refractivity contribution in [1.82, 2.24) is 5.32 Å². The van der Waals surface area contributed by atoms with E-state index < -0.39 is 5.54 Å². The van der Waals surface area contributed by atoms with Gasteiger partial charge in [-0.3, -0.25) is 4.79 Å². The Kier molecular flexibility index (Phi) is 4.25. The molecular formula is C18H18BrFN2O. The van der Waals surface area contributed by atoms with Crippen LogP contribution in [0.1, 0.15) is 36.1 Å². The lowest BCUT2D eigenvalue weighted by atomic mass is 9.91. The first-order valence-corrected chi connectivity index (χ1v) is 8.32. The zero-order valence-corrected chi connectivity index (χ0v) is 14.4. The van der Waals surface area contributed by atoms with Crippen LogP contribution >= 0.6 is 15.9 Å². The largest absolute Gasteiger partial charge is 0.347 e. The summed E-state index contributed by atoms with van der Waals surface area (Å²) in [5.41, 5.74) is 7.39. The maximum Gasteiger partial charge on any atom is 0.244 e. The van der Waals surface area contributed by atoms with Crippen LogP contribution < -0.4 is 11.1 Å². The van der Waals surface area contributed by atoms with E-state index in [0.29, 0.717) is 18.4 Å². The molecule has 2 atom stereocenters. The number of hydrogen-bond donors (Lipinski definition) is 2. The van der Waals surface area contributed by atoms with Gasteiger partial charge in [-0.15, -0.1) is 0 Å². The van der Waals surface area contributed by atoms with Gasteiger partial charge >= 0.3 is 0 Å². The first-order chi connectivity index (χ1) is 10.9. The molecule has 2 aromatic rings. The lowest BCUT2D eigenvalue weighted by molar-refractivity contribution is -0.126. The van der Waals surface area contributed by atoms with Gasteiger partial charge in [-0.2, -0.15) is 0 Å². The monoisotopic (exact) mass is 376 g/mol. The highest BCUT2D eigenvalue weighted by Gasteiger charge is 2.34. The molecule has 1 aliphatic rings. The highest BCUT2D eigenvalue weighted by molar-refractivity contribution is 9.10. The molecule has 0 radical (unpaired) electrons. The molecule has 2 aromatic carbocycles. The van der Waals surface area contributed by atoms with Crippen LogP contribution in [0.25, 0.3) is 0 Å². The SMILES string of the molecule is CC(N)(C(=O)NC1CCc2c(F)cccc21)c1ccc(Br)cc1. The lowest BCUT2D eigenvalue weighted by Crippen LogP contribution is -2.49. The minimum atomic E-state index is -1.14. The third-order valence-corrected chi connectivity index (χ3v) is 4.96. The highest BCUT2D eigenvalue weighted by Crippen LogP contribution is 2.33. The van der Waals surface area contributed by atoms with Crippen molar-refractivity contribution in [3.05, 3.63) is 69.4 Å². The second-order valence-corrected chi connectivity index (χ2v) is 7.00. The van der Waals surface area contributed by atoms with Gasteiger partial charge in [-0.1, -0.05) is 40.2 Å². The van der Waals surface area contributed by atoms with Crippen LogP contribution in [-0.4, -0.2) is 5.91 Å². The summed E-state index contributed by atoms with van der Waals surface area (Å²) >= 11 is 3.37. The van der Waals surface area contributed by atoms with E-state index in [4.69, 9.17) is 5.73 Å². The fourth-order valence-electron chi connectivity index (χ4n) is 3.00. The van der Waals surface area contributed by atoms with E-state index in [1.807, 2.05) is 30.3 Å². The molecule has 23 heavy (non-hydrogen) atoms. The van der Waals surface area contributed by atoms with Crippen molar-refractivity contribution < 1.29 is 9.18 Å². The number of nitrogens with one attached hydrogen (secondary N) is 1. The molecule has 2 unspecified atom stereocenters. The van der Waals surface area contributed by atoms with E-state index in [1.165, 1.54) is 6.07 Å². The topological polar surface area (TPSA) is 55.1 Å².